The number of rotatable bonds is 4. The normalized spacial score (nSPS) is 24.8. The van der Waals surface area contributed by atoms with Crippen LogP contribution >= 0.6 is 28.3 Å². The quantitative estimate of drug-likeness (QED) is 0.792. The largest absolute Gasteiger partial charge is 0.343 e. The van der Waals surface area contributed by atoms with Gasteiger partial charge >= 0.3 is 0 Å². The standard InChI is InChI=1S/C17H22BrN3O2.ClH/c1-21(15-8-13-5-6-14(9-15)20-13)16(22)10-19-17(23)11-3-2-4-12(18)7-11;/h2-4,7,13-15,20H,5-6,8-10H2,1H3,(H,19,23);1H. The van der Waals surface area contributed by atoms with Gasteiger partial charge in [-0.25, -0.2) is 0 Å². The van der Waals surface area contributed by atoms with Crippen LogP contribution in [0.25, 0.3) is 0 Å². The molecule has 2 atom stereocenters. The van der Waals surface area contributed by atoms with Gasteiger partial charge in [-0.15, -0.1) is 12.4 Å². The van der Waals surface area contributed by atoms with Crippen molar-refractivity contribution in [3.8, 4) is 0 Å². The van der Waals surface area contributed by atoms with E-state index in [-0.39, 0.29) is 36.8 Å². The minimum atomic E-state index is -0.224. The lowest BCUT2D eigenvalue weighted by Crippen LogP contribution is -2.50. The van der Waals surface area contributed by atoms with E-state index in [1.807, 2.05) is 18.0 Å². The van der Waals surface area contributed by atoms with Crippen molar-refractivity contribution >= 4 is 40.2 Å². The van der Waals surface area contributed by atoms with Crippen LogP contribution in [0.1, 0.15) is 36.0 Å². The minimum Gasteiger partial charge on any atom is -0.343 e. The first-order valence-electron chi connectivity index (χ1n) is 8.08. The molecule has 2 N–H and O–H groups in total. The number of nitrogens with one attached hydrogen (secondary N) is 2. The lowest BCUT2D eigenvalue weighted by Gasteiger charge is -2.35. The number of hydrogen-bond donors (Lipinski definition) is 2. The third-order valence-corrected chi connectivity index (χ3v) is 5.37. The molecule has 2 heterocycles. The number of likely N-dealkylation sites (N-methyl/N-ethyl adjacent to an activating group) is 1. The van der Waals surface area contributed by atoms with Crippen LogP contribution in [0.2, 0.25) is 0 Å². The van der Waals surface area contributed by atoms with E-state index in [1.54, 1.807) is 18.2 Å². The molecule has 132 valence electrons. The molecule has 3 rings (SSSR count). The van der Waals surface area contributed by atoms with Gasteiger partial charge in [0.05, 0.1) is 6.54 Å². The fourth-order valence-electron chi connectivity index (χ4n) is 3.56. The second-order valence-corrected chi connectivity index (χ2v) is 7.38. The Morgan fingerprint density at radius 3 is 2.58 bits per heavy atom. The molecule has 0 saturated carbocycles. The minimum absolute atomic E-state index is 0. The third kappa shape index (κ3) is 4.49. The number of hydrogen-bond acceptors (Lipinski definition) is 3. The Hall–Kier alpha value is -1.11. The topological polar surface area (TPSA) is 61.4 Å². The molecule has 0 aliphatic carbocycles. The Bertz CT molecular complexity index is 601. The monoisotopic (exact) mass is 415 g/mol. The molecular formula is C17H23BrClN3O2. The molecule has 7 heteroatoms. The molecule has 2 saturated heterocycles. The molecule has 2 fully saturated rings. The van der Waals surface area contributed by atoms with E-state index >= 15 is 0 Å². The predicted molar refractivity (Wildman–Crippen MR) is 99.5 cm³/mol. The van der Waals surface area contributed by atoms with E-state index in [9.17, 15) is 9.59 Å². The summed E-state index contributed by atoms with van der Waals surface area (Å²) in [6.07, 6.45) is 4.45. The number of benzene rings is 1. The summed E-state index contributed by atoms with van der Waals surface area (Å²) >= 11 is 3.34. The van der Waals surface area contributed by atoms with Gasteiger partial charge in [-0.3, -0.25) is 9.59 Å². The second kappa shape index (κ2) is 8.32. The van der Waals surface area contributed by atoms with Gasteiger partial charge in [0, 0.05) is 35.2 Å². The van der Waals surface area contributed by atoms with Crippen molar-refractivity contribution in [3.05, 3.63) is 34.3 Å². The number of fused-ring (bicyclic) bond motifs is 2. The average Bonchev–Trinajstić information content (AvgIpc) is 2.89. The van der Waals surface area contributed by atoms with E-state index in [2.05, 4.69) is 26.6 Å². The fourth-order valence-corrected chi connectivity index (χ4v) is 3.96. The first-order chi connectivity index (χ1) is 11.0. The molecular weight excluding hydrogens is 394 g/mol. The average molecular weight is 417 g/mol. The van der Waals surface area contributed by atoms with Gasteiger partial charge in [0.2, 0.25) is 5.91 Å². The smallest absolute Gasteiger partial charge is 0.251 e. The highest BCUT2D eigenvalue weighted by atomic mass is 79.9. The molecule has 2 amide bonds. The second-order valence-electron chi connectivity index (χ2n) is 6.46. The van der Waals surface area contributed by atoms with Crippen LogP contribution in [0.3, 0.4) is 0 Å². The Balaban J connectivity index is 0.00000208. The molecule has 2 aliphatic heterocycles. The number of carbonyl (C=O) groups excluding carboxylic acids is 2. The first-order valence-corrected chi connectivity index (χ1v) is 8.87. The van der Waals surface area contributed by atoms with Gasteiger partial charge in [-0.1, -0.05) is 22.0 Å². The molecule has 24 heavy (non-hydrogen) atoms. The number of halogens is 2. The fraction of sp³-hybridized carbons (Fsp3) is 0.529. The Morgan fingerprint density at radius 1 is 1.29 bits per heavy atom. The third-order valence-electron chi connectivity index (χ3n) is 4.88. The SMILES string of the molecule is CN(C(=O)CNC(=O)c1cccc(Br)c1)C1CC2CCC(C1)N2.Cl. The predicted octanol–water partition coefficient (Wildman–Crippen LogP) is 2.34. The van der Waals surface area contributed by atoms with Gasteiger partial charge in [0.1, 0.15) is 0 Å². The summed E-state index contributed by atoms with van der Waals surface area (Å²) in [5.74, 6) is -0.252. The van der Waals surface area contributed by atoms with Crippen molar-refractivity contribution in [2.24, 2.45) is 0 Å². The van der Waals surface area contributed by atoms with Crippen molar-refractivity contribution in [3.63, 3.8) is 0 Å². The molecule has 2 unspecified atom stereocenters. The molecule has 2 aliphatic rings. The number of amides is 2. The summed E-state index contributed by atoms with van der Waals surface area (Å²) < 4.78 is 0.846. The zero-order chi connectivity index (χ0) is 16.4. The van der Waals surface area contributed by atoms with E-state index in [4.69, 9.17) is 0 Å². The van der Waals surface area contributed by atoms with Crippen molar-refractivity contribution < 1.29 is 9.59 Å². The Morgan fingerprint density at radius 2 is 1.96 bits per heavy atom. The van der Waals surface area contributed by atoms with Gasteiger partial charge in [0.15, 0.2) is 0 Å². The van der Waals surface area contributed by atoms with Crippen LogP contribution in [0.5, 0.6) is 0 Å². The number of nitrogens with zero attached hydrogens (tertiary/aromatic N) is 1. The van der Waals surface area contributed by atoms with Crippen LogP contribution < -0.4 is 10.6 Å². The zero-order valence-corrected chi connectivity index (χ0v) is 16.0. The first kappa shape index (κ1) is 19.2. The summed E-state index contributed by atoms with van der Waals surface area (Å²) in [5.41, 5.74) is 0.551. The van der Waals surface area contributed by atoms with Crippen molar-refractivity contribution in [1.82, 2.24) is 15.5 Å². The maximum absolute atomic E-state index is 12.4. The Labute approximate surface area is 157 Å². The van der Waals surface area contributed by atoms with Gasteiger partial charge in [0.25, 0.3) is 5.91 Å². The van der Waals surface area contributed by atoms with Gasteiger partial charge in [-0.2, -0.15) is 0 Å². The van der Waals surface area contributed by atoms with Crippen molar-refractivity contribution in [1.29, 1.82) is 0 Å². The summed E-state index contributed by atoms with van der Waals surface area (Å²) in [7, 11) is 1.85. The summed E-state index contributed by atoms with van der Waals surface area (Å²) in [6.45, 7) is 0.0428. The molecule has 0 radical (unpaired) electrons. The summed E-state index contributed by atoms with van der Waals surface area (Å²) in [6, 6.07) is 8.52. The van der Waals surface area contributed by atoms with Crippen LogP contribution in [-0.4, -0.2) is 48.4 Å². The van der Waals surface area contributed by atoms with Crippen LogP contribution in [-0.2, 0) is 4.79 Å². The molecule has 5 nitrogen and oxygen atoms in total. The summed E-state index contributed by atoms with van der Waals surface area (Å²) in [4.78, 5) is 26.3. The van der Waals surface area contributed by atoms with Gasteiger partial charge in [-0.05, 0) is 43.9 Å². The maximum Gasteiger partial charge on any atom is 0.251 e. The van der Waals surface area contributed by atoms with Crippen LogP contribution in [0.15, 0.2) is 28.7 Å². The van der Waals surface area contributed by atoms with E-state index in [0.29, 0.717) is 17.6 Å². The van der Waals surface area contributed by atoms with Crippen LogP contribution in [0.4, 0.5) is 0 Å². The summed E-state index contributed by atoms with van der Waals surface area (Å²) in [5, 5.41) is 6.30. The molecule has 2 bridgehead atoms. The van der Waals surface area contributed by atoms with E-state index < -0.39 is 0 Å². The molecule has 1 aromatic rings. The Kier molecular flexibility index (Phi) is 6.66. The molecule has 1 aromatic carbocycles. The van der Waals surface area contributed by atoms with Crippen LogP contribution in [0, 0.1) is 0 Å². The highest BCUT2D eigenvalue weighted by Crippen LogP contribution is 2.29. The number of carbonyl (C=O) groups is 2. The molecule has 0 aromatic heterocycles. The van der Waals surface area contributed by atoms with Crippen molar-refractivity contribution in [2.75, 3.05) is 13.6 Å². The van der Waals surface area contributed by atoms with E-state index in [1.165, 1.54) is 12.8 Å². The highest BCUT2D eigenvalue weighted by molar-refractivity contribution is 9.10. The number of piperidine rings is 1. The zero-order valence-electron chi connectivity index (χ0n) is 13.6. The van der Waals surface area contributed by atoms with Gasteiger partial charge < -0.3 is 15.5 Å². The highest BCUT2D eigenvalue weighted by Gasteiger charge is 2.36. The maximum atomic E-state index is 12.4. The molecule has 0 spiro atoms. The lowest BCUT2D eigenvalue weighted by atomic mass is 9.98. The van der Waals surface area contributed by atoms with E-state index in [0.717, 1.165) is 17.3 Å². The van der Waals surface area contributed by atoms with Crippen molar-refractivity contribution in [2.45, 2.75) is 43.8 Å². The lowest BCUT2D eigenvalue weighted by molar-refractivity contribution is -0.131.